The topological polar surface area (TPSA) is 70.8 Å². The van der Waals surface area contributed by atoms with Crippen molar-refractivity contribution in [2.75, 3.05) is 0 Å². The number of rotatable bonds is 4. The van der Waals surface area contributed by atoms with Crippen LogP contribution in [0.25, 0.3) is 0 Å². The molecule has 0 heterocycles. The molecule has 0 unspecified atom stereocenters. The molecular weight excluding hydrogens is 610 g/mol. The number of aliphatic imine (C=N–C) groups is 2. The first-order chi connectivity index (χ1) is 18.2. The van der Waals surface area contributed by atoms with Crippen LogP contribution in [0.3, 0.4) is 0 Å². The third-order valence-corrected chi connectivity index (χ3v) is 8.09. The molecule has 0 aromatic heterocycles. The number of benzene rings is 2. The molecule has 2 atom stereocenters. The summed E-state index contributed by atoms with van der Waals surface area (Å²) >= 11 is 0. The van der Waals surface area contributed by atoms with E-state index in [4.69, 9.17) is 9.98 Å². The van der Waals surface area contributed by atoms with Crippen LogP contribution in [0.1, 0.15) is 142 Å². The number of hydrogen-bond acceptors (Lipinski definition) is 4. The van der Waals surface area contributed by atoms with Crippen molar-refractivity contribution in [3.63, 3.8) is 0 Å². The minimum absolute atomic E-state index is 0. The van der Waals surface area contributed by atoms with Crippen molar-refractivity contribution in [1.82, 2.24) is 0 Å². The van der Waals surface area contributed by atoms with E-state index in [0.717, 1.165) is 47.9 Å². The summed E-state index contributed by atoms with van der Waals surface area (Å²) in [6, 6.07) is 8.15. The van der Waals surface area contributed by atoms with Gasteiger partial charge in [0, 0.05) is 29.2 Å². The Balaban J connectivity index is 0.00000441. The van der Waals surface area contributed by atoms with Gasteiger partial charge in [0.15, 0.2) is 0 Å². The molecule has 1 radical (unpaired) electrons. The molecule has 0 N–H and O–H groups in total. The zero-order valence-corrected chi connectivity index (χ0v) is 29.9. The van der Waals surface area contributed by atoms with Gasteiger partial charge in [-0.2, -0.15) is 0 Å². The van der Waals surface area contributed by atoms with Crippen molar-refractivity contribution < 1.29 is 43.8 Å². The van der Waals surface area contributed by atoms with Crippen LogP contribution in [-0.2, 0) is 55.2 Å². The smallest absolute Gasteiger partial charge is 0.872 e. The van der Waals surface area contributed by atoms with Gasteiger partial charge in [0.2, 0.25) is 0 Å². The monoisotopic (exact) mass is 662 g/mol. The molecule has 1 aliphatic rings. The average Bonchev–Trinajstić information content (AvgIpc) is 2.80. The predicted octanol–water partition coefficient (Wildman–Crippen LogP) is 7.87. The van der Waals surface area contributed by atoms with Gasteiger partial charge in [-0.1, -0.05) is 132 Å². The van der Waals surface area contributed by atoms with Crippen LogP contribution in [0.4, 0.5) is 0 Å². The summed E-state index contributed by atoms with van der Waals surface area (Å²) in [5, 5.41) is 26.9. The first-order valence-electron chi connectivity index (χ1n) is 15.0. The van der Waals surface area contributed by atoms with Crippen molar-refractivity contribution >= 4 is 12.4 Å². The SMILES string of the molecule is CC(C)(C)c1cc(C=N[C@@H]2CCCC[C@H]2N=Cc2cc(C(C)(C)C)cc(C(C)(C)C)c2[O-])c([O-])c(C(C)(C)C)c1.[Co+3].[Co]. The van der Waals surface area contributed by atoms with Crippen LogP contribution in [0.5, 0.6) is 11.5 Å². The van der Waals surface area contributed by atoms with E-state index in [2.05, 4.69) is 95.2 Å². The Labute approximate surface area is 276 Å². The van der Waals surface area contributed by atoms with Gasteiger partial charge in [0.25, 0.3) is 0 Å². The second-order valence-corrected chi connectivity index (χ2v) is 15.9. The second-order valence-electron chi connectivity index (χ2n) is 15.9. The molecule has 235 valence electrons. The van der Waals surface area contributed by atoms with Gasteiger partial charge in [-0.05, 0) is 67.9 Å². The molecule has 1 aliphatic carbocycles. The van der Waals surface area contributed by atoms with Gasteiger partial charge in [0.1, 0.15) is 0 Å². The predicted molar refractivity (Wildman–Crippen MR) is 168 cm³/mol. The third kappa shape index (κ3) is 9.44. The fourth-order valence-corrected chi connectivity index (χ4v) is 5.27. The zero-order valence-electron chi connectivity index (χ0n) is 27.8. The van der Waals surface area contributed by atoms with Gasteiger partial charge >= 0.3 is 16.8 Å². The molecule has 0 aliphatic heterocycles. The summed E-state index contributed by atoms with van der Waals surface area (Å²) < 4.78 is 0. The summed E-state index contributed by atoms with van der Waals surface area (Å²) in [5.41, 5.74) is 4.62. The van der Waals surface area contributed by atoms with Crippen LogP contribution in [0.15, 0.2) is 34.3 Å². The van der Waals surface area contributed by atoms with E-state index in [9.17, 15) is 10.2 Å². The molecule has 2 aromatic carbocycles. The van der Waals surface area contributed by atoms with E-state index in [0.29, 0.717) is 11.1 Å². The Morgan fingerprint density at radius 1 is 0.571 bits per heavy atom. The molecule has 0 spiro atoms. The van der Waals surface area contributed by atoms with E-state index in [-0.39, 0.29) is 78.8 Å². The molecule has 3 rings (SSSR count). The standard InChI is InChI=1S/C36H54N2O2.2Co/c1-33(2,3)25-17-23(31(39)27(19-25)35(7,8)9)21-37-29-15-13-14-16-30(29)38-22-24-18-26(34(4,5)6)20-28(32(24)40)36(10,11)12;;/h17-22,29-30,39-40H,13-16H2,1-12H3;;/q;;+3/p-2/t29-,30-;;/m1../s1. The van der Waals surface area contributed by atoms with Gasteiger partial charge in [-0.3, -0.25) is 9.98 Å². The van der Waals surface area contributed by atoms with Crippen molar-refractivity contribution in [3.8, 4) is 11.5 Å². The maximum atomic E-state index is 13.5. The second kappa shape index (κ2) is 14.0. The summed E-state index contributed by atoms with van der Waals surface area (Å²) in [5.74, 6) is 0.120. The van der Waals surface area contributed by atoms with Gasteiger partial charge in [-0.25, -0.2) is 0 Å². The fraction of sp³-hybridized carbons (Fsp3) is 0.611. The molecule has 0 amide bonds. The normalized spacial score (nSPS) is 18.7. The van der Waals surface area contributed by atoms with Crippen LogP contribution >= 0.6 is 0 Å². The maximum Gasteiger partial charge on any atom is 3.00 e. The zero-order chi connectivity index (χ0) is 30.3. The Bertz CT molecular complexity index is 1170. The van der Waals surface area contributed by atoms with Crippen LogP contribution < -0.4 is 10.2 Å². The molecule has 4 nitrogen and oxygen atoms in total. The van der Waals surface area contributed by atoms with Crippen molar-refractivity contribution in [2.45, 2.75) is 143 Å². The quantitative estimate of drug-likeness (QED) is 0.313. The third-order valence-electron chi connectivity index (χ3n) is 8.09. The molecule has 2 aromatic rings. The van der Waals surface area contributed by atoms with Crippen molar-refractivity contribution in [1.29, 1.82) is 0 Å². The van der Waals surface area contributed by atoms with Crippen molar-refractivity contribution in [2.24, 2.45) is 9.98 Å². The van der Waals surface area contributed by atoms with Crippen LogP contribution in [0, 0.1) is 0 Å². The minimum Gasteiger partial charge on any atom is -0.872 e. The Morgan fingerprint density at radius 2 is 0.881 bits per heavy atom. The largest absolute Gasteiger partial charge is 3.00 e. The van der Waals surface area contributed by atoms with Gasteiger partial charge in [0.05, 0.1) is 12.1 Å². The average molecular weight is 663 g/mol. The summed E-state index contributed by atoms with van der Waals surface area (Å²) in [4.78, 5) is 9.95. The van der Waals surface area contributed by atoms with E-state index in [1.54, 1.807) is 12.4 Å². The molecule has 1 saturated carbocycles. The summed E-state index contributed by atoms with van der Waals surface area (Å²) in [6.07, 6.45) is 7.63. The van der Waals surface area contributed by atoms with Crippen molar-refractivity contribution in [3.05, 3.63) is 57.6 Å². The Hall–Kier alpha value is -1.61. The number of hydrogen-bond donors (Lipinski definition) is 0. The molecule has 0 saturated heterocycles. The van der Waals surface area contributed by atoms with Crippen LogP contribution in [-0.4, -0.2) is 24.5 Å². The first-order valence-corrected chi connectivity index (χ1v) is 15.0. The summed E-state index contributed by atoms with van der Waals surface area (Å²) in [7, 11) is 0. The molecule has 1 fully saturated rings. The van der Waals surface area contributed by atoms with Gasteiger partial charge < -0.3 is 10.2 Å². The maximum absolute atomic E-state index is 13.5. The van der Waals surface area contributed by atoms with E-state index in [1.807, 2.05) is 12.1 Å². The van der Waals surface area contributed by atoms with Gasteiger partial charge in [-0.15, -0.1) is 0 Å². The Kier molecular flexibility index (Phi) is 12.8. The molecule has 0 bridgehead atoms. The fourth-order valence-electron chi connectivity index (χ4n) is 5.27. The van der Waals surface area contributed by atoms with Crippen LogP contribution in [0.2, 0.25) is 0 Å². The number of nitrogens with zero attached hydrogens (tertiary/aromatic N) is 2. The summed E-state index contributed by atoms with van der Waals surface area (Å²) in [6.45, 7) is 25.6. The molecule has 6 heteroatoms. The Morgan fingerprint density at radius 3 is 1.14 bits per heavy atom. The molecular formula is C36H52Co2N2O2+. The van der Waals surface area contributed by atoms with E-state index in [1.165, 1.54) is 0 Å². The first kappa shape index (κ1) is 38.4. The minimum atomic E-state index is -0.248. The van der Waals surface area contributed by atoms with E-state index < -0.39 is 0 Å². The van der Waals surface area contributed by atoms with E-state index >= 15 is 0 Å². The molecule has 42 heavy (non-hydrogen) atoms.